The van der Waals surface area contributed by atoms with Gasteiger partial charge in [0.15, 0.2) is 0 Å². The molecule has 1 heterocycles. The second-order valence-corrected chi connectivity index (χ2v) is 4.33. The van der Waals surface area contributed by atoms with Crippen molar-refractivity contribution < 1.29 is 15.0 Å². The van der Waals surface area contributed by atoms with Gasteiger partial charge in [-0.25, -0.2) is 4.79 Å². The van der Waals surface area contributed by atoms with Gasteiger partial charge in [-0.05, 0) is 31.4 Å². The lowest BCUT2D eigenvalue weighted by molar-refractivity contribution is 0.0685. The van der Waals surface area contributed by atoms with Crippen LogP contribution in [-0.4, -0.2) is 27.4 Å². The van der Waals surface area contributed by atoms with Gasteiger partial charge in [0.2, 0.25) is 0 Å². The number of para-hydroxylation sites is 1. The van der Waals surface area contributed by atoms with E-state index >= 15 is 0 Å². The summed E-state index contributed by atoms with van der Waals surface area (Å²) in [5.74, 6) is -0.895. The van der Waals surface area contributed by atoms with Gasteiger partial charge in [0.1, 0.15) is 5.69 Å². The molecule has 0 unspecified atom stereocenters. The maximum Gasteiger partial charge on any atom is 0.352 e. The summed E-state index contributed by atoms with van der Waals surface area (Å²) in [4.78, 5) is 11.2. The van der Waals surface area contributed by atoms with Crippen LogP contribution in [0.4, 0.5) is 0 Å². The molecule has 0 bridgehead atoms. The lowest BCUT2D eigenvalue weighted by Crippen LogP contribution is -2.08. The Labute approximate surface area is 105 Å². The number of aliphatic hydroxyl groups excluding tert-OH is 1. The molecule has 0 atom stereocenters. The minimum atomic E-state index is -0.895. The average molecular weight is 247 g/mol. The number of rotatable bonds is 6. The van der Waals surface area contributed by atoms with Crippen LogP contribution in [0.25, 0.3) is 10.9 Å². The monoisotopic (exact) mass is 247 g/mol. The van der Waals surface area contributed by atoms with Gasteiger partial charge in [-0.3, -0.25) is 0 Å². The SMILES string of the molecule is O=C(O)c1cc2ccccc2n1CCCCCO. The molecule has 0 aliphatic carbocycles. The van der Waals surface area contributed by atoms with Crippen molar-refractivity contribution in [2.24, 2.45) is 0 Å². The lowest BCUT2D eigenvalue weighted by Gasteiger charge is -2.07. The first kappa shape index (κ1) is 12.6. The van der Waals surface area contributed by atoms with Gasteiger partial charge in [0.05, 0.1) is 0 Å². The Morgan fingerprint density at radius 1 is 1.17 bits per heavy atom. The van der Waals surface area contributed by atoms with Crippen LogP contribution in [0, 0.1) is 0 Å². The van der Waals surface area contributed by atoms with Gasteiger partial charge < -0.3 is 14.8 Å². The van der Waals surface area contributed by atoms with Crippen molar-refractivity contribution in [3.8, 4) is 0 Å². The van der Waals surface area contributed by atoms with Crippen LogP contribution in [0.1, 0.15) is 29.8 Å². The molecule has 0 saturated carbocycles. The average Bonchev–Trinajstić information content (AvgIpc) is 2.74. The number of aromatic nitrogens is 1. The highest BCUT2D eigenvalue weighted by Gasteiger charge is 2.13. The fourth-order valence-electron chi connectivity index (χ4n) is 2.19. The van der Waals surface area contributed by atoms with Crippen LogP contribution in [0.15, 0.2) is 30.3 Å². The largest absolute Gasteiger partial charge is 0.477 e. The standard InChI is InChI=1S/C14H17NO3/c16-9-5-1-4-8-15-12-7-3-2-6-11(12)10-13(15)14(17)18/h2-3,6-7,10,16H,1,4-5,8-9H2,(H,17,18). The Bertz CT molecular complexity index is 545. The molecule has 0 aliphatic rings. The van der Waals surface area contributed by atoms with E-state index in [1.54, 1.807) is 6.07 Å². The molecule has 1 aromatic carbocycles. The van der Waals surface area contributed by atoms with Crippen molar-refractivity contribution >= 4 is 16.9 Å². The van der Waals surface area contributed by atoms with Crippen molar-refractivity contribution in [3.63, 3.8) is 0 Å². The Kier molecular flexibility index (Phi) is 3.99. The van der Waals surface area contributed by atoms with Gasteiger partial charge in [-0.15, -0.1) is 0 Å². The quantitative estimate of drug-likeness (QED) is 0.771. The summed E-state index contributed by atoms with van der Waals surface area (Å²) in [6.45, 7) is 0.868. The van der Waals surface area contributed by atoms with Gasteiger partial charge in [0, 0.05) is 24.1 Å². The van der Waals surface area contributed by atoms with Crippen molar-refractivity contribution in [3.05, 3.63) is 36.0 Å². The number of aryl methyl sites for hydroxylation is 1. The molecule has 0 amide bonds. The number of carbonyl (C=O) groups is 1. The summed E-state index contributed by atoms with van der Waals surface area (Å²) in [6.07, 6.45) is 2.54. The van der Waals surface area contributed by atoms with E-state index in [0.29, 0.717) is 12.2 Å². The topological polar surface area (TPSA) is 62.5 Å². The van der Waals surface area contributed by atoms with Crippen LogP contribution >= 0.6 is 0 Å². The molecule has 4 heteroatoms. The highest BCUT2D eigenvalue weighted by molar-refractivity contribution is 5.94. The zero-order valence-corrected chi connectivity index (χ0v) is 10.2. The molecule has 0 fully saturated rings. The second kappa shape index (κ2) is 5.69. The number of aromatic carboxylic acids is 1. The first-order chi connectivity index (χ1) is 8.74. The third-order valence-corrected chi connectivity index (χ3v) is 3.07. The molecule has 0 radical (unpaired) electrons. The fraction of sp³-hybridized carbons (Fsp3) is 0.357. The molecule has 4 nitrogen and oxygen atoms in total. The molecule has 96 valence electrons. The van der Waals surface area contributed by atoms with E-state index in [1.807, 2.05) is 28.8 Å². The number of fused-ring (bicyclic) bond motifs is 1. The molecule has 0 spiro atoms. The van der Waals surface area contributed by atoms with Crippen LogP contribution in [0.5, 0.6) is 0 Å². The van der Waals surface area contributed by atoms with Crippen LogP contribution in [0.3, 0.4) is 0 Å². The number of benzene rings is 1. The molecule has 2 rings (SSSR count). The van der Waals surface area contributed by atoms with E-state index in [9.17, 15) is 9.90 Å². The summed E-state index contributed by atoms with van der Waals surface area (Å²) in [5, 5.41) is 18.9. The highest BCUT2D eigenvalue weighted by Crippen LogP contribution is 2.20. The zero-order valence-electron chi connectivity index (χ0n) is 10.2. The summed E-state index contributed by atoms with van der Waals surface area (Å²) >= 11 is 0. The third-order valence-electron chi connectivity index (χ3n) is 3.07. The number of aliphatic hydroxyl groups is 1. The Hall–Kier alpha value is -1.81. The number of carboxylic acids is 1. The predicted octanol–water partition coefficient (Wildman–Crippen LogP) is 2.50. The van der Waals surface area contributed by atoms with Gasteiger partial charge in [-0.2, -0.15) is 0 Å². The normalized spacial score (nSPS) is 10.9. The second-order valence-electron chi connectivity index (χ2n) is 4.33. The van der Waals surface area contributed by atoms with Crippen LogP contribution in [-0.2, 0) is 6.54 Å². The van der Waals surface area contributed by atoms with Crippen LogP contribution in [0.2, 0.25) is 0 Å². The molecule has 1 aromatic heterocycles. The first-order valence-electron chi connectivity index (χ1n) is 6.16. The number of hydrogen-bond acceptors (Lipinski definition) is 2. The molecule has 0 saturated heterocycles. The van der Waals surface area contributed by atoms with E-state index in [-0.39, 0.29) is 6.61 Å². The number of carboxylic acid groups (broad SMARTS) is 1. The van der Waals surface area contributed by atoms with Crippen molar-refractivity contribution in [2.75, 3.05) is 6.61 Å². The number of hydrogen-bond donors (Lipinski definition) is 2. The predicted molar refractivity (Wildman–Crippen MR) is 69.8 cm³/mol. The van der Waals surface area contributed by atoms with Gasteiger partial charge in [0.25, 0.3) is 0 Å². The molecule has 2 N–H and O–H groups in total. The summed E-state index contributed by atoms with van der Waals surface area (Å²) in [6, 6.07) is 9.39. The minimum Gasteiger partial charge on any atom is -0.477 e. The summed E-state index contributed by atoms with van der Waals surface area (Å²) in [5.41, 5.74) is 1.29. The van der Waals surface area contributed by atoms with E-state index in [2.05, 4.69) is 0 Å². The Balaban J connectivity index is 2.27. The maximum absolute atomic E-state index is 11.2. The lowest BCUT2D eigenvalue weighted by atomic mass is 10.2. The highest BCUT2D eigenvalue weighted by atomic mass is 16.4. The number of nitrogens with zero attached hydrogens (tertiary/aromatic N) is 1. The number of unbranched alkanes of at least 4 members (excludes halogenated alkanes) is 2. The zero-order chi connectivity index (χ0) is 13.0. The third kappa shape index (κ3) is 2.54. The van der Waals surface area contributed by atoms with E-state index in [1.165, 1.54) is 0 Å². The fourth-order valence-corrected chi connectivity index (χ4v) is 2.19. The Morgan fingerprint density at radius 2 is 1.94 bits per heavy atom. The van der Waals surface area contributed by atoms with Gasteiger partial charge in [-0.1, -0.05) is 18.2 Å². The maximum atomic E-state index is 11.2. The minimum absolute atomic E-state index is 0.193. The van der Waals surface area contributed by atoms with E-state index in [0.717, 1.165) is 30.2 Å². The molecule has 2 aromatic rings. The summed E-state index contributed by atoms with van der Waals surface area (Å²) < 4.78 is 1.84. The molecule has 0 aliphatic heterocycles. The van der Waals surface area contributed by atoms with Gasteiger partial charge >= 0.3 is 5.97 Å². The van der Waals surface area contributed by atoms with Crippen molar-refractivity contribution in [1.82, 2.24) is 4.57 Å². The first-order valence-corrected chi connectivity index (χ1v) is 6.16. The smallest absolute Gasteiger partial charge is 0.352 e. The molecule has 18 heavy (non-hydrogen) atoms. The van der Waals surface area contributed by atoms with E-state index < -0.39 is 5.97 Å². The summed E-state index contributed by atoms with van der Waals surface area (Å²) in [7, 11) is 0. The van der Waals surface area contributed by atoms with Crippen molar-refractivity contribution in [2.45, 2.75) is 25.8 Å². The molecular formula is C14H17NO3. The van der Waals surface area contributed by atoms with Crippen LogP contribution < -0.4 is 0 Å². The van der Waals surface area contributed by atoms with Crippen molar-refractivity contribution in [1.29, 1.82) is 0 Å². The van der Waals surface area contributed by atoms with E-state index in [4.69, 9.17) is 5.11 Å². The molecular weight excluding hydrogens is 230 g/mol. The Morgan fingerprint density at radius 3 is 2.67 bits per heavy atom.